The van der Waals surface area contributed by atoms with Gasteiger partial charge in [0.2, 0.25) is 5.91 Å². The minimum absolute atomic E-state index is 0.0607. The van der Waals surface area contributed by atoms with Crippen LogP contribution in [-0.2, 0) is 4.79 Å². The summed E-state index contributed by atoms with van der Waals surface area (Å²) >= 11 is 0. The van der Waals surface area contributed by atoms with E-state index in [1.807, 2.05) is 6.08 Å². The number of carbonyl (C=O) groups excluding carboxylic acids is 1. The Kier molecular flexibility index (Phi) is 58.2. The van der Waals surface area contributed by atoms with Gasteiger partial charge in [-0.1, -0.05) is 319 Å². The Bertz CT molecular complexity index is 1080. The van der Waals surface area contributed by atoms with Crippen molar-refractivity contribution >= 4 is 5.91 Å². The number of nitrogens with one attached hydrogen (secondary N) is 1. The maximum Gasteiger partial charge on any atom is 0.220 e. The minimum Gasteiger partial charge on any atom is -0.394 e. The highest BCUT2D eigenvalue weighted by Crippen LogP contribution is 2.18. The van der Waals surface area contributed by atoms with Gasteiger partial charge in [-0.05, 0) is 57.8 Å². The van der Waals surface area contributed by atoms with Crippen molar-refractivity contribution in [3.63, 3.8) is 0 Å². The molecule has 0 heterocycles. The molecule has 3 N–H and O–H groups in total. The van der Waals surface area contributed by atoms with Crippen molar-refractivity contribution in [2.45, 2.75) is 347 Å². The third kappa shape index (κ3) is 55.3. The predicted octanol–water partition coefficient (Wildman–Crippen LogP) is 20.6. The zero-order valence-electron chi connectivity index (χ0n) is 46.1. The van der Waals surface area contributed by atoms with Gasteiger partial charge in [0.05, 0.1) is 18.8 Å². The quantitative estimate of drug-likeness (QED) is 0.0420. The second-order valence-corrected chi connectivity index (χ2v) is 21.1. The van der Waals surface area contributed by atoms with Crippen LogP contribution in [0.2, 0.25) is 0 Å². The molecule has 0 aliphatic heterocycles. The van der Waals surface area contributed by atoms with E-state index < -0.39 is 12.1 Å². The van der Waals surface area contributed by atoms with E-state index in [9.17, 15) is 15.0 Å². The van der Waals surface area contributed by atoms with E-state index in [-0.39, 0.29) is 12.5 Å². The summed E-state index contributed by atoms with van der Waals surface area (Å²) in [6.45, 7) is 4.33. The molecule has 0 aliphatic rings. The lowest BCUT2D eigenvalue weighted by atomic mass is 10.0. The van der Waals surface area contributed by atoms with Gasteiger partial charge in [-0.3, -0.25) is 4.79 Å². The van der Waals surface area contributed by atoms with Crippen molar-refractivity contribution in [2.24, 2.45) is 0 Å². The van der Waals surface area contributed by atoms with Gasteiger partial charge in [-0.15, -0.1) is 0 Å². The Morgan fingerprint density at radius 1 is 0.353 bits per heavy atom. The van der Waals surface area contributed by atoms with Crippen LogP contribution >= 0.6 is 0 Å². The van der Waals surface area contributed by atoms with Crippen LogP contribution in [0.1, 0.15) is 335 Å². The van der Waals surface area contributed by atoms with Crippen LogP contribution in [-0.4, -0.2) is 34.9 Å². The van der Waals surface area contributed by atoms with Crippen LogP contribution in [0.4, 0.5) is 0 Å². The largest absolute Gasteiger partial charge is 0.394 e. The Morgan fingerprint density at radius 2 is 0.603 bits per heavy atom. The van der Waals surface area contributed by atoms with E-state index in [0.29, 0.717) is 6.42 Å². The van der Waals surface area contributed by atoms with E-state index in [1.165, 1.54) is 276 Å². The number of aliphatic hydroxyl groups excluding tert-OH is 2. The number of amides is 1. The van der Waals surface area contributed by atoms with Crippen LogP contribution in [0.15, 0.2) is 48.6 Å². The van der Waals surface area contributed by atoms with Crippen molar-refractivity contribution in [1.29, 1.82) is 0 Å². The molecule has 0 spiro atoms. The van der Waals surface area contributed by atoms with Gasteiger partial charge in [0.25, 0.3) is 0 Å². The summed E-state index contributed by atoms with van der Waals surface area (Å²) in [6.07, 6.45) is 82.9. The highest BCUT2D eigenvalue weighted by atomic mass is 16.3. The molecule has 0 aliphatic carbocycles. The Morgan fingerprint density at radius 3 is 0.897 bits per heavy atom. The van der Waals surface area contributed by atoms with E-state index in [1.54, 1.807) is 6.08 Å². The zero-order valence-corrected chi connectivity index (χ0v) is 46.1. The maximum atomic E-state index is 12.5. The summed E-state index contributed by atoms with van der Waals surface area (Å²) < 4.78 is 0. The van der Waals surface area contributed by atoms with Gasteiger partial charge < -0.3 is 15.5 Å². The Balaban J connectivity index is 3.47. The normalized spacial score (nSPS) is 13.1. The van der Waals surface area contributed by atoms with Gasteiger partial charge in [-0.2, -0.15) is 0 Å². The van der Waals surface area contributed by atoms with Crippen LogP contribution in [0.25, 0.3) is 0 Å². The lowest BCUT2D eigenvalue weighted by molar-refractivity contribution is -0.123. The lowest BCUT2D eigenvalue weighted by Crippen LogP contribution is -2.45. The summed E-state index contributed by atoms with van der Waals surface area (Å²) in [5.74, 6) is -0.0607. The van der Waals surface area contributed by atoms with Gasteiger partial charge >= 0.3 is 0 Å². The molecule has 0 saturated carbocycles. The first-order chi connectivity index (χ1) is 33.7. The number of aliphatic hydroxyl groups is 2. The topological polar surface area (TPSA) is 69.6 Å². The van der Waals surface area contributed by atoms with Crippen molar-refractivity contribution < 1.29 is 15.0 Å². The smallest absolute Gasteiger partial charge is 0.220 e. The van der Waals surface area contributed by atoms with Gasteiger partial charge in [0.15, 0.2) is 0 Å². The SMILES string of the molecule is CCCCCCC/C=C\C/C=C\C/C=C\CCCCCCCCCCCCCCCCC(=O)NC(CO)C(O)/C=C/CCCCCCCCCCCCCCCCCCCCCCCCCCC. The molecule has 68 heavy (non-hydrogen) atoms. The molecule has 0 fully saturated rings. The van der Waals surface area contributed by atoms with Crippen molar-refractivity contribution in [3.8, 4) is 0 Å². The fraction of sp³-hybridized carbons (Fsp3) is 0.859. The van der Waals surface area contributed by atoms with Crippen molar-refractivity contribution in [1.82, 2.24) is 5.32 Å². The highest BCUT2D eigenvalue weighted by molar-refractivity contribution is 5.76. The van der Waals surface area contributed by atoms with E-state index in [4.69, 9.17) is 0 Å². The molecule has 0 aromatic carbocycles. The fourth-order valence-corrected chi connectivity index (χ4v) is 9.60. The average molecular weight is 953 g/mol. The molecule has 0 aromatic rings. The zero-order chi connectivity index (χ0) is 49.2. The highest BCUT2D eigenvalue weighted by Gasteiger charge is 2.18. The van der Waals surface area contributed by atoms with Gasteiger partial charge in [0, 0.05) is 6.42 Å². The molecule has 4 nitrogen and oxygen atoms in total. The van der Waals surface area contributed by atoms with E-state index in [0.717, 1.165) is 38.5 Å². The third-order valence-corrected chi connectivity index (χ3v) is 14.3. The summed E-state index contributed by atoms with van der Waals surface area (Å²) in [4.78, 5) is 12.5. The molecule has 1 amide bonds. The molecule has 4 heteroatoms. The summed E-state index contributed by atoms with van der Waals surface area (Å²) in [5.41, 5.74) is 0. The first kappa shape index (κ1) is 66.3. The van der Waals surface area contributed by atoms with Crippen molar-refractivity contribution in [3.05, 3.63) is 48.6 Å². The molecule has 0 radical (unpaired) electrons. The second kappa shape index (κ2) is 59.7. The monoisotopic (exact) mass is 952 g/mol. The van der Waals surface area contributed by atoms with E-state index >= 15 is 0 Å². The average Bonchev–Trinajstić information content (AvgIpc) is 3.34. The number of rotatable bonds is 57. The number of allylic oxidation sites excluding steroid dienone is 7. The molecule has 2 unspecified atom stereocenters. The lowest BCUT2D eigenvalue weighted by Gasteiger charge is -2.20. The van der Waals surface area contributed by atoms with Crippen molar-refractivity contribution in [2.75, 3.05) is 6.61 Å². The van der Waals surface area contributed by atoms with Crippen LogP contribution in [0.3, 0.4) is 0 Å². The number of hydrogen-bond acceptors (Lipinski definition) is 3. The second-order valence-electron chi connectivity index (χ2n) is 21.1. The third-order valence-electron chi connectivity index (χ3n) is 14.3. The number of carbonyl (C=O) groups is 1. The first-order valence-electron chi connectivity index (χ1n) is 30.9. The van der Waals surface area contributed by atoms with Crippen LogP contribution < -0.4 is 5.32 Å². The predicted molar refractivity (Wildman–Crippen MR) is 304 cm³/mol. The number of hydrogen-bond donors (Lipinski definition) is 3. The molecule has 0 rings (SSSR count). The van der Waals surface area contributed by atoms with Crippen LogP contribution in [0, 0.1) is 0 Å². The summed E-state index contributed by atoms with van der Waals surface area (Å²) in [5, 5.41) is 23.2. The minimum atomic E-state index is -0.842. The molecule has 0 bridgehead atoms. The van der Waals surface area contributed by atoms with E-state index in [2.05, 4.69) is 55.6 Å². The molecule has 0 aromatic heterocycles. The Labute approximate surface area is 426 Å². The number of unbranched alkanes of at least 4 members (excludes halogenated alkanes) is 44. The van der Waals surface area contributed by atoms with Gasteiger partial charge in [0.1, 0.15) is 0 Å². The standard InChI is InChI=1S/C64H121NO3/c1-3-5-7-9-11-13-15-17-19-21-23-25-27-29-31-32-34-36-38-40-42-44-46-48-50-52-54-56-58-60-64(68)65-62(61-66)63(67)59-57-55-53-51-49-47-45-43-41-39-37-35-33-30-28-26-24-22-20-18-16-14-12-10-8-6-4-2/h15,17,21,23,27,29,57,59,62-63,66-67H,3-14,16,18-20,22,24-26,28,30-56,58,60-61H2,1-2H3,(H,65,68)/b17-15-,23-21-,29-27-,59-57+. The molecule has 0 saturated heterocycles. The summed E-state index contributed by atoms with van der Waals surface area (Å²) in [7, 11) is 0. The van der Waals surface area contributed by atoms with Crippen LogP contribution in [0.5, 0.6) is 0 Å². The Hall–Kier alpha value is -1.65. The molecule has 400 valence electrons. The van der Waals surface area contributed by atoms with Gasteiger partial charge in [-0.25, -0.2) is 0 Å². The molecular formula is C64H121NO3. The fourth-order valence-electron chi connectivity index (χ4n) is 9.60. The molecular weight excluding hydrogens is 831 g/mol. The molecule has 2 atom stereocenters. The maximum absolute atomic E-state index is 12.5. The first-order valence-corrected chi connectivity index (χ1v) is 30.9. The summed E-state index contributed by atoms with van der Waals surface area (Å²) in [6, 6.07) is -0.625.